The molecule has 0 fully saturated rings. The molecule has 0 saturated carbocycles. The van der Waals surface area contributed by atoms with Crippen LogP contribution in [-0.4, -0.2) is 14.7 Å². The number of hydrogen-bond acceptors (Lipinski definition) is 0. The van der Waals surface area contributed by atoms with Gasteiger partial charge in [0.1, 0.15) is 0 Å². The Labute approximate surface area is 94.6 Å². The first-order chi connectivity index (χ1) is 6.72. The van der Waals surface area contributed by atoms with Gasteiger partial charge in [-0.2, -0.15) is 0 Å². The van der Waals surface area contributed by atoms with Crippen LogP contribution >= 0.6 is 11.6 Å². The molecule has 1 heterocycles. The van der Waals surface area contributed by atoms with Gasteiger partial charge in [0.25, 0.3) is 0 Å². The maximum absolute atomic E-state index is 5.99. The standard InChI is InChI=1S/C11H11ClNSe/c1-3-4-10-9-7-8(12)5-6-11(9)14-13(10)2/h3,5-7H,1,4H2,2H3/q+1. The molecule has 2 aromatic rings. The molecule has 1 aromatic heterocycles. The number of benzene rings is 1. The Morgan fingerprint density at radius 2 is 2.36 bits per heavy atom. The van der Waals surface area contributed by atoms with Crippen LogP contribution in [0.15, 0.2) is 30.9 Å². The van der Waals surface area contributed by atoms with Gasteiger partial charge in [-0.1, -0.05) is 0 Å². The Hall–Kier alpha value is -0.561. The van der Waals surface area contributed by atoms with E-state index in [1.54, 1.807) is 0 Å². The fraction of sp³-hybridized carbons (Fsp3) is 0.182. The van der Waals surface area contributed by atoms with Crippen LogP contribution < -0.4 is 3.56 Å². The molecule has 0 saturated heterocycles. The first kappa shape index (κ1) is 9.97. The SMILES string of the molecule is C=CCc1c2cc(Cl)ccc2[se][n+]1C. The van der Waals surface area contributed by atoms with Crippen molar-refractivity contribution in [1.29, 1.82) is 0 Å². The molecule has 0 aliphatic carbocycles. The zero-order valence-electron chi connectivity index (χ0n) is 7.96. The summed E-state index contributed by atoms with van der Waals surface area (Å²) in [5.41, 5.74) is 1.34. The van der Waals surface area contributed by atoms with Crippen molar-refractivity contribution < 1.29 is 3.56 Å². The molecule has 72 valence electrons. The first-order valence-electron chi connectivity index (χ1n) is 4.40. The third kappa shape index (κ3) is 1.66. The molecular weight excluding hydrogens is 261 g/mol. The second kappa shape index (κ2) is 3.90. The zero-order valence-corrected chi connectivity index (χ0v) is 10.4. The fourth-order valence-corrected chi connectivity index (χ4v) is 3.79. The molecule has 2 rings (SSSR count). The molecule has 0 unspecified atom stereocenters. The molecule has 0 atom stereocenters. The van der Waals surface area contributed by atoms with E-state index in [1.165, 1.54) is 15.3 Å². The molecule has 0 N–H and O–H groups in total. The van der Waals surface area contributed by atoms with E-state index in [9.17, 15) is 0 Å². The van der Waals surface area contributed by atoms with Gasteiger partial charge in [-0.25, -0.2) is 0 Å². The number of nitrogens with zero attached hydrogens (tertiary/aromatic N) is 1. The van der Waals surface area contributed by atoms with Crippen LogP contribution in [0.4, 0.5) is 0 Å². The third-order valence-electron chi connectivity index (χ3n) is 2.21. The molecular formula is C11H11ClNSe+. The molecule has 0 aliphatic heterocycles. The van der Waals surface area contributed by atoms with Crippen LogP contribution in [0, 0.1) is 0 Å². The fourth-order valence-electron chi connectivity index (χ4n) is 1.55. The van der Waals surface area contributed by atoms with Gasteiger partial charge in [0.2, 0.25) is 0 Å². The third-order valence-corrected chi connectivity index (χ3v) is 4.64. The van der Waals surface area contributed by atoms with Crippen molar-refractivity contribution in [3.05, 3.63) is 41.6 Å². The van der Waals surface area contributed by atoms with Crippen molar-refractivity contribution in [2.45, 2.75) is 6.42 Å². The summed E-state index contributed by atoms with van der Waals surface area (Å²) in [6.45, 7) is 3.78. The monoisotopic (exact) mass is 272 g/mol. The first-order valence-corrected chi connectivity index (χ1v) is 6.41. The quantitative estimate of drug-likeness (QED) is 0.582. The molecule has 3 heteroatoms. The summed E-state index contributed by atoms with van der Waals surface area (Å²) in [6.07, 6.45) is 2.86. The van der Waals surface area contributed by atoms with Crippen LogP contribution in [0.2, 0.25) is 5.02 Å². The topological polar surface area (TPSA) is 3.88 Å². The van der Waals surface area contributed by atoms with Crippen LogP contribution in [-0.2, 0) is 13.5 Å². The van der Waals surface area contributed by atoms with Gasteiger partial charge in [-0.15, -0.1) is 0 Å². The van der Waals surface area contributed by atoms with Gasteiger partial charge in [0.05, 0.1) is 0 Å². The van der Waals surface area contributed by atoms with Crippen LogP contribution in [0.5, 0.6) is 0 Å². The van der Waals surface area contributed by atoms with Crippen molar-refractivity contribution in [2.75, 3.05) is 0 Å². The second-order valence-electron chi connectivity index (χ2n) is 3.17. The number of halogens is 1. The predicted molar refractivity (Wildman–Crippen MR) is 61.0 cm³/mol. The van der Waals surface area contributed by atoms with E-state index in [-0.39, 0.29) is 0 Å². The average Bonchev–Trinajstić information content (AvgIpc) is 2.45. The van der Waals surface area contributed by atoms with Crippen LogP contribution in [0.1, 0.15) is 5.69 Å². The van der Waals surface area contributed by atoms with E-state index in [2.05, 4.69) is 29.3 Å². The summed E-state index contributed by atoms with van der Waals surface area (Å²) in [5, 5.41) is 2.12. The number of allylic oxidation sites excluding steroid dienone is 1. The number of rotatable bonds is 2. The van der Waals surface area contributed by atoms with Crippen LogP contribution in [0.3, 0.4) is 0 Å². The average molecular weight is 272 g/mol. The minimum absolute atomic E-state index is 0.415. The van der Waals surface area contributed by atoms with Gasteiger partial charge in [0, 0.05) is 0 Å². The van der Waals surface area contributed by atoms with Crippen molar-refractivity contribution in [1.82, 2.24) is 0 Å². The summed E-state index contributed by atoms with van der Waals surface area (Å²) < 4.78 is 3.73. The summed E-state index contributed by atoms with van der Waals surface area (Å²) >= 11 is 6.40. The van der Waals surface area contributed by atoms with Crippen LogP contribution in [0.25, 0.3) is 9.65 Å². The Morgan fingerprint density at radius 3 is 3.07 bits per heavy atom. The maximum atomic E-state index is 5.99. The Balaban J connectivity index is 2.72. The van der Waals surface area contributed by atoms with Crippen molar-refractivity contribution in [2.24, 2.45) is 7.05 Å². The summed E-state index contributed by atoms with van der Waals surface area (Å²) in [4.78, 5) is 0. The van der Waals surface area contributed by atoms with Gasteiger partial charge >= 0.3 is 94.6 Å². The Bertz CT molecular complexity index is 487. The Morgan fingerprint density at radius 1 is 1.57 bits per heavy atom. The normalized spacial score (nSPS) is 10.7. The van der Waals surface area contributed by atoms with E-state index in [1.807, 2.05) is 12.1 Å². The van der Waals surface area contributed by atoms with Crippen molar-refractivity contribution in [3.63, 3.8) is 0 Å². The molecule has 0 amide bonds. The van der Waals surface area contributed by atoms with E-state index >= 15 is 0 Å². The van der Waals surface area contributed by atoms with E-state index in [0.29, 0.717) is 14.7 Å². The molecule has 0 aliphatic rings. The molecule has 0 radical (unpaired) electrons. The van der Waals surface area contributed by atoms with Crippen molar-refractivity contribution in [3.8, 4) is 0 Å². The predicted octanol–water partition coefficient (Wildman–Crippen LogP) is 2.10. The number of aryl methyl sites for hydroxylation is 1. The zero-order chi connectivity index (χ0) is 10.1. The Kier molecular flexibility index (Phi) is 2.78. The molecule has 1 nitrogen and oxygen atoms in total. The van der Waals surface area contributed by atoms with E-state index < -0.39 is 0 Å². The van der Waals surface area contributed by atoms with Gasteiger partial charge in [0.15, 0.2) is 0 Å². The minimum atomic E-state index is 0.415. The van der Waals surface area contributed by atoms with Gasteiger partial charge < -0.3 is 0 Å². The van der Waals surface area contributed by atoms with Gasteiger partial charge in [-0.3, -0.25) is 0 Å². The summed E-state index contributed by atoms with van der Waals surface area (Å²) in [7, 11) is 2.13. The van der Waals surface area contributed by atoms with E-state index in [0.717, 1.165) is 11.4 Å². The number of fused-ring (bicyclic) bond motifs is 1. The summed E-state index contributed by atoms with van der Waals surface area (Å²) in [5.74, 6) is 0. The second-order valence-corrected chi connectivity index (χ2v) is 6.06. The van der Waals surface area contributed by atoms with Crippen molar-refractivity contribution >= 4 is 36.0 Å². The molecule has 0 bridgehead atoms. The molecule has 14 heavy (non-hydrogen) atoms. The van der Waals surface area contributed by atoms with Gasteiger partial charge in [-0.05, 0) is 0 Å². The molecule has 1 aromatic carbocycles. The number of hydrogen-bond donors (Lipinski definition) is 0. The molecule has 0 spiro atoms. The van der Waals surface area contributed by atoms with E-state index in [4.69, 9.17) is 11.6 Å². The summed E-state index contributed by atoms with van der Waals surface area (Å²) in [6, 6.07) is 6.15. The number of aromatic nitrogens is 1.